The Kier molecular flexibility index (Phi) is 6.19. The van der Waals surface area contributed by atoms with Crippen LogP contribution in [0, 0.1) is 40.1 Å². The number of hydrogen-bond donors (Lipinski definition) is 0. The summed E-state index contributed by atoms with van der Waals surface area (Å²) in [6, 6.07) is 16.3. The Morgan fingerprint density at radius 1 is 0.700 bits per heavy atom. The van der Waals surface area contributed by atoms with Crippen LogP contribution < -0.4 is 0 Å². The van der Waals surface area contributed by atoms with Crippen molar-refractivity contribution in [2.45, 2.75) is 47.0 Å². The van der Waals surface area contributed by atoms with Gasteiger partial charge in [0.15, 0.2) is 0 Å². The minimum atomic E-state index is -0.349. The fraction of sp³-hybridized carbons (Fsp3) is 0.280. The first-order valence-electron chi connectivity index (χ1n) is 9.88. The molecule has 0 radical (unpaired) electrons. The van der Waals surface area contributed by atoms with E-state index in [9.17, 15) is 0 Å². The third-order valence-corrected chi connectivity index (χ3v) is 5.84. The second-order valence-electron chi connectivity index (χ2n) is 8.14. The van der Waals surface area contributed by atoms with Gasteiger partial charge in [-0.25, -0.2) is 0 Å². The molecule has 30 heavy (non-hydrogen) atoms. The van der Waals surface area contributed by atoms with Crippen molar-refractivity contribution < 1.29 is 21.1 Å². The largest absolute Gasteiger partial charge is 2.00 e. The van der Waals surface area contributed by atoms with Gasteiger partial charge < -0.3 is 9.13 Å². The standard InChI is InChI=1S/C25H26N4.Pt/c1-17-13-15-28(19(17)3)23-11-7-9-21(26-23)25(5,6)22-10-8-12-24(27-22)29-16-14-18(2)20(29)4;/h7-14H,1-6H3;/q-2;+2. The van der Waals surface area contributed by atoms with Crippen molar-refractivity contribution in [2.24, 2.45) is 0 Å². The third kappa shape index (κ3) is 3.81. The van der Waals surface area contributed by atoms with Crippen LogP contribution >= 0.6 is 0 Å². The molecule has 0 aliphatic rings. The van der Waals surface area contributed by atoms with E-state index < -0.39 is 0 Å². The van der Waals surface area contributed by atoms with Gasteiger partial charge in [0.25, 0.3) is 0 Å². The van der Waals surface area contributed by atoms with Crippen LogP contribution in [0.4, 0.5) is 0 Å². The van der Waals surface area contributed by atoms with Gasteiger partial charge in [0, 0.05) is 16.8 Å². The topological polar surface area (TPSA) is 35.6 Å². The Balaban J connectivity index is 0.00000256. The summed E-state index contributed by atoms with van der Waals surface area (Å²) in [4.78, 5) is 9.93. The van der Waals surface area contributed by atoms with E-state index in [1.807, 2.05) is 33.4 Å². The molecule has 0 aliphatic carbocycles. The minimum Gasteiger partial charge on any atom is -0.433 e. The summed E-state index contributed by atoms with van der Waals surface area (Å²) in [7, 11) is 0. The zero-order valence-electron chi connectivity index (χ0n) is 18.2. The maximum absolute atomic E-state index is 4.97. The van der Waals surface area contributed by atoms with E-state index in [1.165, 1.54) is 11.1 Å². The van der Waals surface area contributed by atoms with Crippen LogP contribution in [0.2, 0.25) is 0 Å². The van der Waals surface area contributed by atoms with Crippen LogP contribution in [-0.4, -0.2) is 19.1 Å². The predicted molar refractivity (Wildman–Crippen MR) is 116 cm³/mol. The number of aryl methyl sites for hydroxylation is 2. The molecule has 4 heterocycles. The zero-order valence-corrected chi connectivity index (χ0v) is 20.5. The molecule has 0 aromatic carbocycles. The maximum Gasteiger partial charge on any atom is 2.00 e. The molecule has 0 amide bonds. The molecule has 4 nitrogen and oxygen atoms in total. The molecule has 0 saturated heterocycles. The second kappa shape index (κ2) is 8.35. The first-order chi connectivity index (χ1) is 13.8. The van der Waals surface area contributed by atoms with Gasteiger partial charge in [-0.05, 0) is 26.0 Å². The summed E-state index contributed by atoms with van der Waals surface area (Å²) in [5, 5.41) is 0. The SMILES string of the molecule is Cc1c[c-]n(-c2cccc(C(C)(C)c3cccc(-n4[c-]cc(C)c4C)n3)n2)c1C.[Pt+2]. The molecule has 0 fully saturated rings. The Bertz CT molecular complexity index is 1090. The fourth-order valence-electron chi connectivity index (χ4n) is 3.48. The van der Waals surface area contributed by atoms with Crippen molar-refractivity contribution in [2.75, 3.05) is 0 Å². The average molecular weight is 578 g/mol. The summed E-state index contributed by atoms with van der Waals surface area (Å²) in [6.45, 7) is 12.7. The molecule has 0 unspecified atom stereocenters. The number of nitrogens with zero attached hydrogens (tertiary/aromatic N) is 4. The Hall–Kier alpha value is -2.45. The molecule has 0 N–H and O–H groups in total. The number of hydrogen-bond acceptors (Lipinski definition) is 2. The van der Waals surface area contributed by atoms with Crippen molar-refractivity contribution in [1.29, 1.82) is 0 Å². The van der Waals surface area contributed by atoms with E-state index in [0.29, 0.717) is 0 Å². The number of aromatic nitrogens is 4. The molecule has 4 aromatic heterocycles. The van der Waals surface area contributed by atoms with Crippen molar-refractivity contribution >= 4 is 0 Å². The van der Waals surface area contributed by atoms with Gasteiger partial charge >= 0.3 is 21.1 Å². The van der Waals surface area contributed by atoms with E-state index in [-0.39, 0.29) is 26.5 Å². The molecule has 0 atom stereocenters. The molecule has 5 heteroatoms. The molecular weight excluding hydrogens is 551 g/mol. The van der Waals surface area contributed by atoms with E-state index in [2.05, 4.69) is 78.2 Å². The van der Waals surface area contributed by atoms with Gasteiger partial charge in [-0.2, -0.15) is 0 Å². The van der Waals surface area contributed by atoms with Gasteiger partial charge in [0.2, 0.25) is 0 Å². The second-order valence-corrected chi connectivity index (χ2v) is 8.14. The molecule has 0 spiro atoms. The van der Waals surface area contributed by atoms with Crippen molar-refractivity contribution in [3.8, 4) is 11.6 Å². The van der Waals surface area contributed by atoms with Crippen molar-refractivity contribution in [1.82, 2.24) is 19.1 Å². The first-order valence-corrected chi connectivity index (χ1v) is 9.88. The molecule has 156 valence electrons. The Morgan fingerprint density at radius 3 is 1.43 bits per heavy atom. The fourth-order valence-corrected chi connectivity index (χ4v) is 3.48. The van der Waals surface area contributed by atoms with Crippen LogP contribution in [0.3, 0.4) is 0 Å². The van der Waals surface area contributed by atoms with Crippen LogP contribution in [-0.2, 0) is 26.5 Å². The predicted octanol–water partition coefficient (Wildman–Crippen LogP) is 5.22. The normalized spacial score (nSPS) is 11.4. The molecule has 0 aliphatic heterocycles. The quantitative estimate of drug-likeness (QED) is 0.312. The molecule has 0 bridgehead atoms. The van der Waals surface area contributed by atoms with Gasteiger partial charge in [0.1, 0.15) is 0 Å². The molecule has 4 aromatic rings. The summed E-state index contributed by atoms with van der Waals surface area (Å²) in [5.41, 5.74) is 6.33. The van der Waals surface area contributed by atoms with Crippen LogP contribution in [0.1, 0.15) is 47.8 Å². The summed E-state index contributed by atoms with van der Waals surface area (Å²) in [6.07, 6.45) is 6.56. The van der Waals surface area contributed by atoms with E-state index in [1.54, 1.807) is 0 Å². The van der Waals surface area contributed by atoms with Gasteiger partial charge in [-0.15, -0.1) is 23.3 Å². The number of rotatable bonds is 4. The van der Waals surface area contributed by atoms with E-state index in [4.69, 9.17) is 9.97 Å². The van der Waals surface area contributed by atoms with Crippen molar-refractivity contribution in [3.63, 3.8) is 0 Å². The van der Waals surface area contributed by atoms with Gasteiger partial charge in [-0.1, -0.05) is 75.7 Å². The number of pyridine rings is 2. The summed E-state index contributed by atoms with van der Waals surface area (Å²) < 4.78 is 4.03. The average Bonchev–Trinajstić information content (AvgIpc) is 3.24. The molecular formula is C25H26N4Pt. The van der Waals surface area contributed by atoms with Crippen molar-refractivity contribution in [3.05, 3.63) is 94.8 Å². The maximum atomic E-state index is 4.97. The summed E-state index contributed by atoms with van der Waals surface area (Å²) >= 11 is 0. The molecule has 0 saturated carbocycles. The van der Waals surface area contributed by atoms with Crippen LogP contribution in [0.5, 0.6) is 0 Å². The minimum absolute atomic E-state index is 0. The van der Waals surface area contributed by atoms with E-state index in [0.717, 1.165) is 34.4 Å². The van der Waals surface area contributed by atoms with Crippen LogP contribution in [0.25, 0.3) is 11.6 Å². The van der Waals surface area contributed by atoms with Gasteiger partial charge in [0.05, 0.1) is 11.6 Å². The Morgan fingerprint density at radius 2 is 1.10 bits per heavy atom. The van der Waals surface area contributed by atoms with E-state index >= 15 is 0 Å². The Labute approximate surface area is 193 Å². The van der Waals surface area contributed by atoms with Gasteiger partial charge in [-0.3, -0.25) is 9.97 Å². The monoisotopic (exact) mass is 577 g/mol. The third-order valence-electron chi connectivity index (χ3n) is 5.84. The first kappa shape index (κ1) is 22.2. The molecule has 4 rings (SSSR count). The smallest absolute Gasteiger partial charge is 0.433 e. The van der Waals surface area contributed by atoms with Crippen LogP contribution in [0.15, 0.2) is 48.5 Å². The zero-order chi connectivity index (χ0) is 20.8. The summed E-state index contributed by atoms with van der Waals surface area (Å²) in [5.74, 6) is 1.75.